The van der Waals surface area contributed by atoms with Crippen molar-refractivity contribution in [3.8, 4) is 0 Å². The highest BCUT2D eigenvalue weighted by atomic mass is 35.5. The molecule has 0 radical (unpaired) electrons. The highest BCUT2D eigenvalue weighted by Crippen LogP contribution is 2.30. The van der Waals surface area contributed by atoms with Gasteiger partial charge in [-0.05, 0) is 25.3 Å². The lowest BCUT2D eigenvalue weighted by Gasteiger charge is -2.32. The molecule has 3 N–H and O–H groups in total. The first-order valence-corrected chi connectivity index (χ1v) is 7.00. The van der Waals surface area contributed by atoms with Crippen molar-refractivity contribution in [2.75, 3.05) is 6.54 Å². The molecule has 0 aromatic heterocycles. The van der Waals surface area contributed by atoms with E-state index in [1.54, 1.807) is 6.07 Å². The lowest BCUT2D eigenvalue weighted by Crippen LogP contribution is -2.49. The number of rotatable bonds is 4. The van der Waals surface area contributed by atoms with E-state index in [0.717, 1.165) is 25.7 Å². The largest absolute Gasteiger partial charge is 0.349 e. The smallest absolute Gasteiger partial charge is 0.347 e. The topological polar surface area (TPSA) is 55.1 Å². The van der Waals surface area contributed by atoms with Crippen LogP contribution in [-0.4, -0.2) is 18.5 Å². The van der Waals surface area contributed by atoms with Crippen molar-refractivity contribution in [3.63, 3.8) is 0 Å². The minimum atomic E-state index is -3.50. The summed E-state index contributed by atoms with van der Waals surface area (Å²) in [5.74, 6) is -4.63. The minimum absolute atomic E-state index is 0. The molecule has 6 heteroatoms. The van der Waals surface area contributed by atoms with Crippen molar-refractivity contribution < 1.29 is 13.6 Å². The first kappa shape index (κ1) is 17.9. The Hall–Kier alpha value is -1.20. The predicted octanol–water partition coefficient (Wildman–Crippen LogP) is 2.83. The molecule has 2 atom stereocenters. The minimum Gasteiger partial charge on any atom is -0.347 e. The van der Waals surface area contributed by atoms with E-state index in [9.17, 15) is 13.6 Å². The van der Waals surface area contributed by atoms with Crippen LogP contribution in [0, 0.1) is 5.92 Å². The number of nitrogens with two attached hydrogens (primary N) is 1. The molecule has 1 aromatic carbocycles. The molecular weight excluding hydrogens is 298 g/mol. The second-order valence-corrected chi connectivity index (χ2v) is 5.30. The van der Waals surface area contributed by atoms with Crippen molar-refractivity contribution in [2.24, 2.45) is 11.7 Å². The first-order chi connectivity index (χ1) is 9.55. The lowest BCUT2D eigenvalue weighted by molar-refractivity contribution is -0.148. The van der Waals surface area contributed by atoms with Crippen molar-refractivity contribution in [1.82, 2.24) is 5.32 Å². The SMILES string of the molecule is Cl.NCC1CCCCC1NC(=O)C(F)(F)c1ccccc1. The Morgan fingerprint density at radius 1 is 1.24 bits per heavy atom. The van der Waals surface area contributed by atoms with Gasteiger partial charge in [0.05, 0.1) is 0 Å². The van der Waals surface area contributed by atoms with E-state index in [1.165, 1.54) is 24.3 Å². The van der Waals surface area contributed by atoms with Gasteiger partial charge in [0.15, 0.2) is 0 Å². The molecule has 1 aliphatic carbocycles. The van der Waals surface area contributed by atoms with Crippen LogP contribution in [0.5, 0.6) is 0 Å². The average Bonchev–Trinajstić information content (AvgIpc) is 2.48. The standard InChI is InChI=1S/C15H20F2N2O.ClH/c16-15(17,12-7-2-1-3-8-12)14(20)19-13-9-5-4-6-11(13)10-18;/h1-3,7-8,11,13H,4-6,9-10,18H2,(H,19,20);1H. The summed E-state index contributed by atoms with van der Waals surface area (Å²) in [6.07, 6.45) is 3.60. The molecule has 0 bridgehead atoms. The maximum atomic E-state index is 14.1. The van der Waals surface area contributed by atoms with E-state index >= 15 is 0 Å². The number of nitrogens with one attached hydrogen (secondary N) is 1. The fourth-order valence-corrected chi connectivity index (χ4v) is 2.72. The molecule has 2 unspecified atom stereocenters. The molecule has 1 aliphatic rings. The third-order valence-corrected chi connectivity index (χ3v) is 3.95. The lowest BCUT2D eigenvalue weighted by atomic mass is 9.84. The third-order valence-electron chi connectivity index (χ3n) is 3.95. The summed E-state index contributed by atoms with van der Waals surface area (Å²) >= 11 is 0. The molecule has 1 fully saturated rings. The van der Waals surface area contributed by atoms with Gasteiger partial charge in [-0.3, -0.25) is 4.79 Å². The van der Waals surface area contributed by atoms with Crippen molar-refractivity contribution >= 4 is 18.3 Å². The van der Waals surface area contributed by atoms with Gasteiger partial charge in [0.25, 0.3) is 5.91 Å². The van der Waals surface area contributed by atoms with E-state index in [4.69, 9.17) is 5.73 Å². The van der Waals surface area contributed by atoms with Gasteiger partial charge in [0.1, 0.15) is 0 Å². The van der Waals surface area contributed by atoms with Gasteiger partial charge in [-0.25, -0.2) is 0 Å². The van der Waals surface area contributed by atoms with Crippen LogP contribution in [0.4, 0.5) is 8.78 Å². The summed E-state index contributed by atoms with van der Waals surface area (Å²) in [7, 11) is 0. The number of hydrogen-bond acceptors (Lipinski definition) is 2. The monoisotopic (exact) mass is 318 g/mol. The summed E-state index contributed by atoms with van der Waals surface area (Å²) in [5.41, 5.74) is 5.37. The number of alkyl halides is 2. The molecular formula is C15H21ClF2N2O. The second kappa shape index (κ2) is 7.71. The Balaban J connectivity index is 0.00000220. The van der Waals surface area contributed by atoms with Crippen LogP contribution >= 0.6 is 12.4 Å². The van der Waals surface area contributed by atoms with Crippen LogP contribution < -0.4 is 11.1 Å². The summed E-state index contributed by atoms with van der Waals surface area (Å²) in [4.78, 5) is 11.9. The summed E-state index contributed by atoms with van der Waals surface area (Å²) in [6, 6.07) is 6.93. The zero-order chi connectivity index (χ0) is 14.6. The van der Waals surface area contributed by atoms with Crippen LogP contribution in [0.15, 0.2) is 30.3 Å². The number of carbonyl (C=O) groups is 1. The fraction of sp³-hybridized carbons (Fsp3) is 0.533. The number of benzene rings is 1. The van der Waals surface area contributed by atoms with Crippen molar-refractivity contribution in [3.05, 3.63) is 35.9 Å². The molecule has 3 nitrogen and oxygen atoms in total. The highest BCUT2D eigenvalue weighted by molar-refractivity contribution is 5.85. The Morgan fingerprint density at radius 3 is 2.48 bits per heavy atom. The van der Waals surface area contributed by atoms with Gasteiger partial charge in [0, 0.05) is 11.6 Å². The maximum absolute atomic E-state index is 14.1. The number of hydrogen-bond donors (Lipinski definition) is 2. The zero-order valence-electron chi connectivity index (χ0n) is 11.7. The molecule has 1 amide bonds. The summed E-state index contributed by atoms with van der Waals surface area (Å²) in [5, 5.41) is 2.49. The van der Waals surface area contributed by atoms with E-state index in [2.05, 4.69) is 5.32 Å². The molecule has 0 aliphatic heterocycles. The van der Waals surface area contributed by atoms with Crippen LogP contribution in [-0.2, 0) is 10.7 Å². The number of amides is 1. The predicted molar refractivity (Wildman–Crippen MR) is 80.5 cm³/mol. The third kappa shape index (κ3) is 4.14. The van der Waals surface area contributed by atoms with E-state index in [0.29, 0.717) is 6.54 Å². The Kier molecular flexibility index (Phi) is 6.55. The fourth-order valence-electron chi connectivity index (χ4n) is 2.72. The molecule has 0 saturated heterocycles. The number of carbonyl (C=O) groups excluding carboxylic acids is 1. The van der Waals surface area contributed by atoms with E-state index in [-0.39, 0.29) is 29.9 Å². The quantitative estimate of drug-likeness (QED) is 0.897. The van der Waals surface area contributed by atoms with Gasteiger partial charge in [-0.15, -0.1) is 12.4 Å². The Labute approximate surface area is 129 Å². The van der Waals surface area contributed by atoms with Gasteiger partial charge in [-0.1, -0.05) is 43.2 Å². The Bertz CT molecular complexity index is 456. The normalized spacial score (nSPS) is 22.2. The van der Waals surface area contributed by atoms with Crippen LogP contribution in [0.25, 0.3) is 0 Å². The summed E-state index contributed by atoms with van der Waals surface area (Å²) < 4.78 is 28.2. The molecule has 2 rings (SSSR count). The zero-order valence-corrected chi connectivity index (χ0v) is 12.5. The van der Waals surface area contributed by atoms with Gasteiger partial charge < -0.3 is 11.1 Å². The molecule has 21 heavy (non-hydrogen) atoms. The number of halogens is 3. The van der Waals surface area contributed by atoms with Crippen LogP contribution in [0.1, 0.15) is 31.2 Å². The van der Waals surface area contributed by atoms with E-state index < -0.39 is 11.8 Å². The molecule has 1 aromatic rings. The van der Waals surface area contributed by atoms with Crippen LogP contribution in [0.2, 0.25) is 0 Å². The second-order valence-electron chi connectivity index (χ2n) is 5.30. The van der Waals surface area contributed by atoms with Gasteiger partial charge in [0.2, 0.25) is 0 Å². The van der Waals surface area contributed by atoms with Crippen LogP contribution in [0.3, 0.4) is 0 Å². The van der Waals surface area contributed by atoms with Gasteiger partial charge >= 0.3 is 5.92 Å². The first-order valence-electron chi connectivity index (χ1n) is 7.00. The van der Waals surface area contributed by atoms with Gasteiger partial charge in [-0.2, -0.15) is 8.78 Å². The molecule has 0 spiro atoms. The molecule has 0 heterocycles. The summed E-state index contributed by atoms with van der Waals surface area (Å²) in [6.45, 7) is 0.419. The van der Waals surface area contributed by atoms with E-state index in [1.807, 2.05) is 0 Å². The Morgan fingerprint density at radius 2 is 1.86 bits per heavy atom. The maximum Gasteiger partial charge on any atom is 0.349 e. The highest BCUT2D eigenvalue weighted by Gasteiger charge is 2.42. The molecule has 118 valence electrons. The molecule has 1 saturated carbocycles. The average molecular weight is 319 g/mol. The van der Waals surface area contributed by atoms with Crippen molar-refractivity contribution in [1.29, 1.82) is 0 Å². The van der Waals surface area contributed by atoms with Crippen molar-refractivity contribution in [2.45, 2.75) is 37.6 Å².